The molecule has 72 valence electrons. The SMILES string of the molecule is COCC(C)NCC1CC(Cl)C1. The van der Waals surface area contributed by atoms with E-state index in [4.69, 9.17) is 16.3 Å². The first-order valence-electron chi connectivity index (χ1n) is 4.58. The zero-order valence-electron chi connectivity index (χ0n) is 7.85. The van der Waals surface area contributed by atoms with Gasteiger partial charge in [-0.25, -0.2) is 0 Å². The Bertz CT molecular complexity index is 121. The van der Waals surface area contributed by atoms with Gasteiger partial charge in [0.2, 0.25) is 0 Å². The molecule has 0 heterocycles. The van der Waals surface area contributed by atoms with Crippen LogP contribution in [0.3, 0.4) is 0 Å². The molecule has 1 N–H and O–H groups in total. The average Bonchev–Trinajstić information content (AvgIpc) is 1.96. The van der Waals surface area contributed by atoms with E-state index in [1.165, 1.54) is 12.8 Å². The van der Waals surface area contributed by atoms with Crippen LogP contribution in [0.2, 0.25) is 0 Å². The normalized spacial score (nSPS) is 31.2. The quantitative estimate of drug-likeness (QED) is 0.668. The van der Waals surface area contributed by atoms with Gasteiger partial charge in [-0.15, -0.1) is 11.6 Å². The largest absolute Gasteiger partial charge is 0.383 e. The topological polar surface area (TPSA) is 21.3 Å². The van der Waals surface area contributed by atoms with Crippen molar-refractivity contribution in [2.24, 2.45) is 5.92 Å². The predicted octanol–water partition coefficient (Wildman–Crippen LogP) is 1.63. The Balaban J connectivity index is 1.95. The van der Waals surface area contributed by atoms with Crippen molar-refractivity contribution in [2.45, 2.75) is 31.2 Å². The Morgan fingerprint density at radius 3 is 2.75 bits per heavy atom. The van der Waals surface area contributed by atoms with E-state index in [0.29, 0.717) is 11.4 Å². The van der Waals surface area contributed by atoms with E-state index in [-0.39, 0.29) is 0 Å². The third-order valence-electron chi connectivity index (χ3n) is 2.35. The first-order valence-corrected chi connectivity index (χ1v) is 5.02. The van der Waals surface area contributed by atoms with E-state index in [2.05, 4.69) is 12.2 Å². The fraction of sp³-hybridized carbons (Fsp3) is 1.00. The first kappa shape index (κ1) is 10.3. The van der Waals surface area contributed by atoms with Crippen LogP contribution in [-0.4, -0.2) is 31.7 Å². The number of nitrogens with one attached hydrogen (secondary N) is 1. The molecule has 1 atom stereocenters. The lowest BCUT2D eigenvalue weighted by atomic mass is 9.85. The van der Waals surface area contributed by atoms with Gasteiger partial charge in [0, 0.05) is 18.5 Å². The maximum atomic E-state index is 5.87. The molecule has 0 radical (unpaired) electrons. The Kier molecular flexibility index (Phi) is 4.33. The molecule has 1 unspecified atom stereocenters. The number of methoxy groups -OCH3 is 1. The summed E-state index contributed by atoms with van der Waals surface area (Å²) in [5, 5.41) is 3.86. The van der Waals surface area contributed by atoms with Crippen LogP contribution < -0.4 is 5.32 Å². The highest BCUT2D eigenvalue weighted by Crippen LogP contribution is 2.31. The lowest BCUT2D eigenvalue weighted by Gasteiger charge is -2.31. The van der Waals surface area contributed by atoms with E-state index >= 15 is 0 Å². The van der Waals surface area contributed by atoms with Crippen LogP contribution in [0.5, 0.6) is 0 Å². The molecule has 0 aromatic carbocycles. The van der Waals surface area contributed by atoms with Crippen molar-refractivity contribution in [3.63, 3.8) is 0 Å². The molecular weight excluding hydrogens is 174 g/mol. The van der Waals surface area contributed by atoms with Crippen molar-refractivity contribution in [3.8, 4) is 0 Å². The highest BCUT2D eigenvalue weighted by atomic mass is 35.5. The number of rotatable bonds is 5. The smallest absolute Gasteiger partial charge is 0.0613 e. The van der Waals surface area contributed by atoms with Crippen LogP contribution in [0.4, 0.5) is 0 Å². The van der Waals surface area contributed by atoms with E-state index in [1.807, 2.05) is 0 Å². The molecule has 0 bridgehead atoms. The van der Waals surface area contributed by atoms with Crippen molar-refractivity contribution in [2.75, 3.05) is 20.3 Å². The van der Waals surface area contributed by atoms with Gasteiger partial charge in [0.05, 0.1) is 6.61 Å². The molecule has 1 rings (SSSR count). The van der Waals surface area contributed by atoms with Gasteiger partial charge in [0.15, 0.2) is 0 Å². The summed E-state index contributed by atoms with van der Waals surface area (Å²) in [7, 11) is 1.73. The summed E-state index contributed by atoms with van der Waals surface area (Å²) in [6.45, 7) is 4.02. The highest BCUT2D eigenvalue weighted by molar-refractivity contribution is 6.21. The van der Waals surface area contributed by atoms with E-state index < -0.39 is 0 Å². The zero-order valence-corrected chi connectivity index (χ0v) is 8.60. The van der Waals surface area contributed by atoms with E-state index in [0.717, 1.165) is 19.1 Å². The molecule has 0 amide bonds. The van der Waals surface area contributed by atoms with Crippen molar-refractivity contribution in [1.29, 1.82) is 0 Å². The van der Waals surface area contributed by atoms with Crippen LogP contribution in [0, 0.1) is 5.92 Å². The highest BCUT2D eigenvalue weighted by Gasteiger charge is 2.26. The minimum Gasteiger partial charge on any atom is -0.383 e. The fourth-order valence-corrected chi connectivity index (χ4v) is 2.00. The molecule has 0 aromatic rings. The Morgan fingerprint density at radius 2 is 2.25 bits per heavy atom. The second-order valence-electron chi connectivity index (χ2n) is 3.70. The van der Waals surface area contributed by atoms with Gasteiger partial charge in [-0.1, -0.05) is 0 Å². The number of alkyl halides is 1. The summed E-state index contributed by atoms with van der Waals surface area (Å²) < 4.78 is 5.02. The van der Waals surface area contributed by atoms with E-state index in [1.54, 1.807) is 7.11 Å². The summed E-state index contributed by atoms with van der Waals surface area (Å²) >= 11 is 5.87. The summed E-state index contributed by atoms with van der Waals surface area (Å²) in [4.78, 5) is 0. The van der Waals surface area contributed by atoms with Gasteiger partial charge < -0.3 is 10.1 Å². The minimum atomic E-state index is 0.439. The molecular formula is C9H18ClNO. The van der Waals surface area contributed by atoms with Crippen LogP contribution in [-0.2, 0) is 4.74 Å². The number of ether oxygens (including phenoxy) is 1. The Labute approximate surface area is 79.6 Å². The van der Waals surface area contributed by atoms with Crippen LogP contribution in [0.15, 0.2) is 0 Å². The van der Waals surface area contributed by atoms with Crippen LogP contribution in [0.1, 0.15) is 19.8 Å². The minimum absolute atomic E-state index is 0.439. The van der Waals surface area contributed by atoms with Crippen molar-refractivity contribution in [3.05, 3.63) is 0 Å². The molecule has 1 fully saturated rings. The molecule has 12 heavy (non-hydrogen) atoms. The van der Waals surface area contributed by atoms with Crippen molar-refractivity contribution >= 4 is 11.6 Å². The molecule has 0 saturated heterocycles. The number of halogens is 1. The average molecular weight is 192 g/mol. The van der Waals surface area contributed by atoms with Gasteiger partial charge >= 0.3 is 0 Å². The lowest BCUT2D eigenvalue weighted by Crippen LogP contribution is -2.39. The Hall–Kier alpha value is 0.210. The third kappa shape index (κ3) is 3.30. The third-order valence-corrected chi connectivity index (χ3v) is 2.71. The number of hydrogen-bond donors (Lipinski definition) is 1. The number of hydrogen-bond acceptors (Lipinski definition) is 2. The van der Waals surface area contributed by atoms with E-state index in [9.17, 15) is 0 Å². The summed E-state index contributed by atoms with van der Waals surface area (Å²) in [5.74, 6) is 0.798. The molecule has 0 spiro atoms. The molecule has 0 aliphatic heterocycles. The second kappa shape index (κ2) is 5.05. The monoisotopic (exact) mass is 191 g/mol. The summed E-state index contributed by atoms with van der Waals surface area (Å²) in [5.41, 5.74) is 0. The summed E-state index contributed by atoms with van der Waals surface area (Å²) in [6.07, 6.45) is 2.35. The van der Waals surface area contributed by atoms with Crippen molar-refractivity contribution < 1.29 is 4.74 Å². The van der Waals surface area contributed by atoms with Gasteiger partial charge in [-0.05, 0) is 32.2 Å². The molecule has 3 heteroatoms. The Morgan fingerprint density at radius 1 is 1.58 bits per heavy atom. The predicted molar refractivity (Wildman–Crippen MR) is 51.7 cm³/mol. The van der Waals surface area contributed by atoms with Gasteiger partial charge in [0.1, 0.15) is 0 Å². The van der Waals surface area contributed by atoms with Crippen molar-refractivity contribution in [1.82, 2.24) is 5.32 Å². The summed E-state index contributed by atoms with van der Waals surface area (Å²) in [6, 6.07) is 0.462. The molecule has 2 nitrogen and oxygen atoms in total. The fourth-order valence-electron chi connectivity index (χ4n) is 1.50. The first-order chi connectivity index (χ1) is 5.72. The lowest BCUT2D eigenvalue weighted by molar-refractivity contribution is 0.165. The molecule has 1 aliphatic rings. The zero-order chi connectivity index (χ0) is 8.97. The standard InChI is InChI=1S/C9H18ClNO/c1-7(6-12-2)11-5-8-3-9(10)4-8/h7-9,11H,3-6H2,1-2H3. The maximum Gasteiger partial charge on any atom is 0.0613 e. The second-order valence-corrected chi connectivity index (χ2v) is 4.32. The van der Waals surface area contributed by atoms with Crippen LogP contribution >= 0.6 is 11.6 Å². The molecule has 1 aliphatic carbocycles. The maximum absolute atomic E-state index is 5.87. The molecule has 1 saturated carbocycles. The van der Waals surface area contributed by atoms with Gasteiger partial charge in [-0.2, -0.15) is 0 Å². The van der Waals surface area contributed by atoms with Crippen LogP contribution in [0.25, 0.3) is 0 Å². The van der Waals surface area contributed by atoms with Gasteiger partial charge in [0.25, 0.3) is 0 Å². The molecule has 0 aromatic heterocycles. The van der Waals surface area contributed by atoms with Gasteiger partial charge in [-0.3, -0.25) is 0 Å².